The van der Waals surface area contributed by atoms with Gasteiger partial charge in [-0.1, -0.05) is 378 Å². The SMILES string of the molecule is CC/C=C\C/C=C\C/C=C\CCCCCCCCCC(=O)OCC(COC(=O)CCCCCCCCCCCCCCCCCCCCCCCCCCCCCC)OC(=O)CCCCCCCCCCCCCCCCCCCCC. The lowest BCUT2D eigenvalue weighted by atomic mass is 10.0. The van der Waals surface area contributed by atoms with Gasteiger partial charge >= 0.3 is 17.9 Å². The maximum atomic E-state index is 13.0. The minimum atomic E-state index is -0.774. The molecule has 0 fully saturated rings. The number of rotatable bonds is 69. The van der Waals surface area contributed by atoms with E-state index < -0.39 is 6.10 Å². The van der Waals surface area contributed by atoms with Gasteiger partial charge in [0.1, 0.15) is 13.2 Å². The summed E-state index contributed by atoms with van der Waals surface area (Å²) in [5.74, 6) is -0.846. The van der Waals surface area contributed by atoms with Crippen molar-refractivity contribution in [2.75, 3.05) is 13.2 Å². The molecule has 0 radical (unpaired) electrons. The number of hydrogen-bond acceptors (Lipinski definition) is 6. The molecule has 0 aliphatic carbocycles. The molecule has 0 spiro atoms. The highest BCUT2D eigenvalue weighted by Crippen LogP contribution is 2.19. The first kappa shape index (κ1) is 79.6. The highest BCUT2D eigenvalue weighted by atomic mass is 16.6. The van der Waals surface area contributed by atoms with Gasteiger partial charge in [0.05, 0.1) is 0 Å². The maximum Gasteiger partial charge on any atom is 0.306 e. The second-order valence-electron chi connectivity index (χ2n) is 25.2. The summed E-state index contributed by atoms with van der Waals surface area (Å²) in [7, 11) is 0. The summed E-state index contributed by atoms with van der Waals surface area (Å²) in [6.07, 6.45) is 89.0. The number of allylic oxidation sites excluding steroid dienone is 6. The Hall–Kier alpha value is -2.37. The molecule has 0 saturated carbocycles. The molecule has 82 heavy (non-hydrogen) atoms. The van der Waals surface area contributed by atoms with Crippen LogP contribution in [0.25, 0.3) is 0 Å². The number of esters is 3. The van der Waals surface area contributed by atoms with Crippen LogP contribution in [0.4, 0.5) is 0 Å². The van der Waals surface area contributed by atoms with Crippen LogP contribution in [0.1, 0.15) is 412 Å². The zero-order valence-corrected chi connectivity index (χ0v) is 55.5. The van der Waals surface area contributed by atoms with Crippen molar-refractivity contribution in [3.8, 4) is 0 Å². The van der Waals surface area contributed by atoms with Gasteiger partial charge in [-0.15, -0.1) is 0 Å². The Morgan fingerprint density at radius 3 is 0.744 bits per heavy atom. The van der Waals surface area contributed by atoms with Crippen molar-refractivity contribution in [3.05, 3.63) is 36.5 Å². The van der Waals surface area contributed by atoms with Gasteiger partial charge in [0.2, 0.25) is 0 Å². The van der Waals surface area contributed by atoms with E-state index in [1.165, 1.54) is 289 Å². The summed E-state index contributed by atoms with van der Waals surface area (Å²) in [5.41, 5.74) is 0. The fourth-order valence-electron chi connectivity index (χ4n) is 11.4. The molecule has 1 unspecified atom stereocenters. The molecule has 0 N–H and O–H groups in total. The molecule has 0 aromatic heterocycles. The Kier molecular flexibility index (Phi) is 69.1. The van der Waals surface area contributed by atoms with Crippen molar-refractivity contribution in [1.29, 1.82) is 0 Å². The van der Waals surface area contributed by atoms with Crippen LogP contribution in [0.15, 0.2) is 36.5 Å². The average Bonchev–Trinajstić information content (AvgIpc) is 3.47. The first-order valence-corrected chi connectivity index (χ1v) is 37.0. The summed E-state index contributed by atoms with van der Waals surface area (Å²) < 4.78 is 17.0. The summed E-state index contributed by atoms with van der Waals surface area (Å²) in [4.78, 5) is 38.5. The Bertz CT molecular complexity index is 1370. The first-order chi connectivity index (χ1) is 40.5. The Labute approximate surface area is 512 Å². The van der Waals surface area contributed by atoms with Crippen LogP contribution in [-0.4, -0.2) is 37.2 Å². The Morgan fingerprint density at radius 1 is 0.256 bits per heavy atom. The van der Waals surface area contributed by atoms with Crippen molar-refractivity contribution in [2.24, 2.45) is 0 Å². The number of ether oxygens (including phenoxy) is 3. The zero-order valence-electron chi connectivity index (χ0n) is 55.5. The quantitative estimate of drug-likeness (QED) is 0.0261. The number of hydrogen-bond donors (Lipinski definition) is 0. The van der Waals surface area contributed by atoms with Crippen LogP contribution in [0, 0.1) is 0 Å². The average molecular weight is 1150 g/mol. The van der Waals surface area contributed by atoms with E-state index >= 15 is 0 Å². The second-order valence-corrected chi connectivity index (χ2v) is 25.2. The third-order valence-corrected chi connectivity index (χ3v) is 16.9. The minimum absolute atomic E-state index is 0.0691. The smallest absolute Gasteiger partial charge is 0.306 e. The lowest BCUT2D eigenvalue weighted by molar-refractivity contribution is -0.167. The molecule has 0 amide bonds. The normalized spacial score (nSPS) is 12.2. The van der Waals surface area contributed by atoms with Crippen molar-refractivity contribution < 1.29 is 28.6 Å². The van der Waals surface area contributed by atoms with Crippen LogP contribution in [0.3, 0.4) is 0 Å². The van der Waals surface area contributed by atoms with Gasteiger partial charge in [-0.05, 0) is 51.4 Å². The number of carbonyl (C=O) groups excluding carboxylic acids is 3. The Balaban J connectivity index is 4.23. The number of carbonyl (C=O) groups is 3. The van der Waals surface area contributed by atoms with Crippen molar-refractivity contribution in [3.63, 3.8) is 0 Å². The molecule has 0 bridgehead atoms. The molecule has 6 nitrogen and oxygen atoms in total. The standard InChI is InChI=1S/C76H142O6/c1-4-7-10-13-16-19-22-25-28-31-33-34-35-36-37-38-39-40-41-43-45-48-51-54-57-60-63-66-69-75(78)81-72-73(71-80-74(77)68-65-62-59-56-53-50-47-44-30-27-24-21-18-15-12-9-6-3)82-76(79)70-67-64-61-58-55-52-49-46-42-32-29-26-23-20-17-14-11-8-5-2/h9,12,18,21,27,30,73H,4-8,10-11,13-17,19-20,22-26,28-29,31-72H2,1-3H3/b12-9-,21-18-,30-27-. The predicted octanol–water partition coefficient (Wildman–Crippen LogP) is 25.5. The van der Waals surface area contributed by atoms with E-state index in [0.29, 0.717) is 19.3 Å². The lowest BCUT2D eigenvalue weighted by Crippen LogP contribution is -2.30. The van der Waals surface area contributed by atoms with Crippen molar-refractivity contribution in [1.82, 2.24) is 0 Å². The van der Waals surface area contributed by atoms with Crippen LogP contribution in [-0.2, 0) is 28.6 Å². The minimum Gasteiger partial charge on any atom is -0.462 e. The molecule has 0 aliphatic rings. The highest BCUT2D eigenvalue weighted by molar-refractivity contribution is 5.71. The molecule has 0 heterocycles. The van der Waals surface area contributed by atoms with Crippen molar-refractivity contribution in [2.45, 2.75) is 419 Å². The topological polar surface area (TPSA) is 78.9 Å². The summed E-state index contributed by atoms with van der Waals surface area (Å²) in [5, 5.41) is 0. The summed E-state index contributed by atoms with van der Waals surface area (Å²) >= 11 is 0. The molecule has 6 heteroatoms. The molecule has 0 aromatic rings. The van der Waals surface area contributed by atoms with E-state index in [9.17, 15) is 14.4 Å². The highest BCUT2D eigenvalue weighted by Gasteiger charge is 2.20. The Morgan fingerprint density at radius 2 is 0.476 bits per heavy atom. The van der Waals surface area contributed by atoms with Gasteiger partial charge in [-0.25, -0.2) is 0 Å². The van der Waals surface area contributed by atoms with Gasteiger partial charge in [0, 0.05) is 19.3 Å². The maximum absolute atomic E-state index is 13.0. The monoisotopic (exact) mass is 1150 g/mol. The zero-order chi connectivity index (χ0) is 59.2. The van der Waals surface area contributed by atoms with E-state index in [1.807, 2.05) is 0 Å². The molecule has 0 aromatic carbocycles. The molecule has 0 aliphatic heterocycles. The largest absolute Gasteiger partial charge is 0.462 e. The molecular formula is C76H142O6. The van der Waals surface area contributed by atoms with E-state index in [1.54, 1.807) is 0 Å². The van der Waals surface area contributed by atoms with Gasteiger partial charge in [-0.2, -0.15) is 0 Å². The molecule has 482 valence electrons. The van der Waals surface area contributed by atoms with Crippen LogP contribution < -0.4 is 0 Å². The summed E-state index contributed by atoms with van der Waals surface area (Å²) in [6, 6.07) is 0. The van der Waals surface area contributed by atoms with Gasteiger partial charge < -0.3 is 14.2 Å². The van der Waals surface area contributed by atoms with Crippen LogP contribution in [0.5, 0.6) is 0 Å². The predicted molar refractivity (Wildman–Crippen MR) is 358 cm³/mol. The first-order valence-electron chi connectivity index (χ1n) is 37.0. The van der Waals surface area contributed by atoms with E-state index in [2.05, 4.69) is 57.2 Å². The molecule has 1 atom stereocenters. The summed E-state index contributed by atoms with van der Waals surface area (Å²) in [6.45, 7) is 6.61. The second kappa shape index (κ2) is 71.1. The fraction of sp³-hybridized carbons (Fsp3) is 0.882. The van der Waals surface area contributed by atoms with Crippen LogP contribution >= 0.6 is 0 Å². The molecular weight excluding hydrogens is 1010 g/mol. The van der Waals surface area contributed by atoms with Gasteiger partial charge in [0.15, 0.2) is 6.10 Å². The molecule has 0 rings (SSSR count). The molecule has 0 saturated heterocycles. The van der Waals surface area contributed by atoms with Crippen molar-refractivity contribution >= 4 is 17.9 Å². The van der Waals surface area contributed by atoms with E-state index in [4.69, 9.17) is 14.2 Å². The lowest BCUT2D eigenvalue weighted by Gasteiger charge is -2.18. The third-order valence-electron chi connectivity index (χ3n) is 16.9. The third kappa shape index (κ3) is 68.4. The van der Waals surface area contributed by atoms with E-state index in [0.717, 1.165) is 83.5 Å². The van der Waals surface area contributed by atoms with E-state index in [-0.39, 0.29) is 31.1 Å². The van der Waals surface area contributed by atoms with Gasteiger partial charge in [0.25, 0.3) is 0 Å². The van der Waals surface area contributed by atoms with Gasteiger partial charge in [-0.3, -0.25) is 14.4 Å². The van der Waals surface area contributed by atoms with Crippen LogP contribution in [0.2, 0.25) is 0 Å². The fourth-order valence-corrected chi connectivity index (χ4v) is 11.4. The number of unbranched alkanes of at least 4 members (excludes halogenated alkanes) is 52.